The molecule has 102 valence electrons. The van der Waals surface area contributed by atoms with Crippen LogP contribution in [0.5, 0.6) is 5.75 Å². The Hall–Kier alpha value is -0.790. The lowest BCUT2D eigenvalue weighted by Crippen LogP contribution is -2.49. The lowest BCUT2D eigenvalue weighted by molar-refractivity contribution is 0.474. The average Bonchev–Trinajstić information content (AvgIpc) is 2.60. The molecule has 7 heteroatoms. The van der Waals surface area contributed by atoms with E-state index in [-0.39, 0.29) is 22.5 Å². The van der Waals surface area contributed by atoms with Crippen molar-refractivity contribution >= 4 is 43.8 Å². The highest BCUT2D eigenvalue weighted by Gasteiger charge is 2.57. The molecule has 2 fully saturated rings. The molecule has 4 nitrogen and oxygen atoms in total. The summed E-state index contributed by atoms with van der Waals surface area (Å²) in [5.41, 5.74) is 0.230. The lowest BCUT2D eigenvalue weighted by atomic mass is 9.98. The maximum absolute atomic E-state index is 11.9. The van der Waals surface area contributed by atoms with Gasteiger partial charge in [0.25, 0.3) is 0 Å². The van der Waals surface area contributed by atoms with Gasteiger partial charge in [-0.15, -0.1) is 0 Å². The van der Waals surface area contributed by atoms with Crippen LogP contribution in [0, 0.1) is 0 Å². The molecule has 0 aliphatic carbocycles. The molecule has 0 amide bonds. The molecule has 0 radical (unpaired) electrons. The number of fused-ring (bicyclic) bond motifs is 1. The van der Waals surface area contributed by atoms with E-state index in [1.807, 2.05) is 17.9 Å². The smallest absolute Gasteiger partial charge is 0.153 e. The fourth-order valence-corrected chi connectivity index (χ4v) is 7.72. The summed E-state index contributed by atoms with van der Waals surface area (Å²) in [6, 6.07) is 6.77. The first-order valence-electron chi connectivity index (χ1n) is 5.82. The van der Waals surface area contributed by atoms with Crippen LogP contribution in [-0.4, -0.2) is 40.1 Å². The van der Waals surface area contributed by atoms with E-state index in [4.69, 9.17) is 12.2 Å². The van der Waals surface area contributed by atoms with Crippen LogP contribution in [0.25, 0.3) is 0 Å². The van der Waals surface area contributed by atoms with Crippen molar-refractivity contribution < 1.29 is 13.5 Å². The average molecular weight is 315 g/mol. The molecule has 2 heterocycles. The van der Waals surface area contributed by atoms with Crippen LogP contribution < -0.4 is 4.90 Å². The fraction of sp³-hybridized carbons (Fsp3) is 0.417. The molecule has 0 aromatic heterocycles. The summed E-state index contributed by atoms with van der Waals surface area (Å²) in [7, 11) is -3.02. The van der Waals surface area contributed by atoms with Crippen molar-refractivity contribution in [1.29, 1.82) is 0 Å². The molecule has 2 unspecified atom stereocenters. The Kier molecular flexibility index (Phi) is 2.85. The summed E-state index contributed by atoms with van der Waals surface area (Å²) < 4.78 is 24.4. The van der Waals surface area contributed by atoms with E-state index < -0.39 is 15.4 Å². The van der Waals surface area contributed by atoms with E-state index in [1.54, 1.807) is 18.2 Å². The highest BCUT2D eigenvalue weighted by Crippen LogP contribution is 2.48. The number of nitrogens with zero attached hydrogens (tertiary/aromatic N) is 1. The molecule has 2 atom stereocenters. The minimum atomic E-state index is -3.02. The van der Waals surface area contributed by atoms with Crippen LogP contribution in [-0.2, 0) is 9.84 Å². The zero-order valence-corrected chi connectivity index (χ0v) is 12.7. The Morgan fingerprint density at radius 3 is 2.95 bits per heavy atom. The summed E-state index contributed by atoms with van der Waals surface area (Å²) >= 11 is 6.82. The van der Waals surface area contributed by atoms with Gasteiger partial charge in [0, 0.05) is 11.8 Å². The van der Waals surface area contributed by atoms with E-state index >= 15 is 0 Å². The topological polar surface area (TPSA) is 57.6 Å². The van der Waals surface area contributed by atoms with Crippen LogP contribution in [0.3, 0.4) is 0 Å². The highest BCUT2D eigenvalue weighted by atomic mass is 32.2. The van der Waals surface area contributed by atoms with Crippen molar-refractivity contribution in [1.82, 2.24) is 0 Å². The minimum absolute atomic E-state index is 0.0349. The van der Waals surface area contributed by atoms with Gasteiger partial charge in [0.15, 0.2) is 9.84 Å². The Balaban J connectivity index is 2.08. The predicted octanol–water partition coefficient (Wildman–Crippen LogP) is 1.79. The monoisotopic (exact) mass is 315 g/mol. The Morgan fingerprint density at radius 2 is 2.26 bits per heavy atom. The number of anilines is 1. The molecule has 0 bridgehead atoms. The number of aromatic hydroxyl groups is 1. The Bertz CT molecular complexity index is 658. The first kappa shape index (κ1) is 13.2. The molecule has 2 saturated heterocycles. The van der Waals surface area contributed by atoms with Gasteiger partial charge in [0.05, 0.1) is 22.3 Å². The molecule has 2 aliphatic heterocycles. The third-order valence-electron chi connectivity index (χ3n) is 3.64. The summed E-state index contributed by atoms with van der Waals surface area (Å²) in [6.45, 7) is 1.93. The maximum atomic E-state index is 11.9. The van der Waals surface area contributed by atoms with Crippen LogP contribution >= 0.6 is 24.0 Å². The summed E-state index contributed by atoms with van der Waals surface area (Å²) in [6.07, 6.45) is 0. The van der Waals surface area contributed by atoms with Gasteiger partial charge >= 0.3 is 0 Å². The normalized spacial score (nSPS) is 32.6. The predicted molar refractivity (Wildman–Crippen MR) is 81.6 cm³/mol. The van der Waals surface area contributed by atoms with Gasteiger partial charge in [-0.05, 0) is 19.1 Å². The fourth-order valence-electron chi connectivity index (χ4n) is 2.79. The molecule has 0 saturated carbocycles. The quantitative estimate of drug-likeness (QED) is 0.797. The standard InChI is InChI=1S/C12H13NO3S3/c1-12-7-19(15,16)6-10(12)18-11(17)13(12)8-3-2-4-9(14)5-8/h2-5,10,14H,6-7H2,1H3. The largest absolute Gasteiger partial charge is 0.508 e. The van der Waals surface area contributed by atoms with Gasteiger partial charge in [-0.3, -0.25) is 0 Å². The summed E-state index contributed by atoms with van der Waals surface area (Å²) in [4.78, 5) is 1.88. The maximum Gasteiger partial charge on any atom is 0.153 e. The van der Waals surface area contributed by atoms with Crippen molar-refractivity contribution in [2.45, 2.75) is 17.7 Å². The molecule has 1 aromatic rings. The van der Waals surface area contributed by atoms with Gasteiger partial charge in [0.2, 0.25) is 0 Å². The van der Waals surface area contributed by atoms with Crippen LogP contribution in [0.4, 0.5) is 5.69 Å². The second-order valence-corrected chi connectivity index (χ2v) is 9.09. The minimum Gasteiger partial charge on any atom is -0.508 e. The SMILES string of the molecule is CC12CS(=O)(=O)CC1SC(=S)N2c1cccc(O)c1. The van der Waals surface area contributed by atoms with Gasteiger partial charge < -0.3 is 10.0 Å². The van der Waals surface area contributed by atoms with Crippen molar-refractivity contribution in [3.8, 4) is 5.75 Å². The summed E-state index contributed by atoms with van der Waals surface area (Å²) in [5.74, 6) is 0.426. The van der Waals surface area contributed by atoms with Crippen LogP contribution in [0.2, 0.25) is 0 Å². The number of thioether (sulfide) groups is 1. The Labute approximate surface area is 121 Å². The van der Waals surface area contributed by atoms with Gasteiger partial charge in [-0.25, -0.2) is 8.42 Å². The summed E-state index contributed by atoms with van der Waals surface area (Å²) in [5, 5.41) is 9.56. The lowest BCUT2D eigenvalue weighted by Gasteiger charge is -2.34. The zero-order chi connectivity index (χ0) is 13.8. The third-order valence-corrected chi connectivity index (χ3v) is 7.53. The molecule has 1 N–H and O–H groups in total. The second-order valence-electron chi connectivity index (χ2n) is 5.14. The number of hydrogen-bond acceptors (Lipinski definition) is 5. The number of rotatable bonds is 1. The third kappa shape index (κ3) is 2.04. The molecule has 1 aromatic carbocycles. The Morgan fingerprint density at radius 1 is 1.53 bits per heavy atom. The number of sulfone groups is 1. The molecular weight excluding hydrogens is 302 g/mol. The van der Waals surface area contributed by atoms with E-state index in [1.165, 1.54) is 11.8 Å². The van der Waals surface area contributed by atoms with Crippen molar-refractivity contribution in [3.05, 3.63) is 24.3 Å². The number of phenolic OH excluding ortho intramolecular Hbond substituents is 1. The van der Waals surface area contributed by atoms with E-state index in [9.17, 15) is 13.5 Å². The van der Waals surface area contributed by atoms with Crippen molar-refractivity contribution in [2.24, 2.45) is 0 Å². The first-order chi connectivity index (χ1) is 8.82. The van der Waals surface area contributed by atoms with Gasteiger partial charge in [-0.1, -0.05) is 30.0 Å². The van der Waals surface area contributed by atoms with Crippen LogP contribution in [0.15, 0.2) is 24.3 Å². The van der Waals surface area contributed by atoms with E-state index in [2.05, 4.69) is 0 Å². The number of hydrogen-bond donors (Lipinski definition) is 1. The second kappa shape index (κ2) is 4.10. The molecule has 2 aliphatic rings. The number of benzene rings is 1. The van der Waals surface area contributed by atoms with E-state index in [0.717, 1.165) is 5.69 Å². The van der Waals surface area contributed by atoms with E-state index in [0.29, 0.717) is 4.32 Å². The van der Waals surface area contributed by atoms with Crippen molar-refractivity contribution in [3.63, 3.8) is 0 Å². The first-order valence-corrected chi connectivity index (χ1v) is 8.93. The zero-order valence-electron chi connectivity index (χ0n) is 10.2. The van der Waals surface area contributed by atoms with Gasteiger partial charge in [0.1, 0.15) is 10.1 Å². The van der Waals surface area contributed by atoms with Crippen molar-refractivity contribution in [2.75, 3.05) is 16.4 Å². The van der Waals surface area contributed by atoms with Gasteiger partial charge in [-0.2, -0.15) is 0 Å². The molecule has 3 rings (SSSR count). The number of thiocarbonyl (C=S) groups is 1. The molecule has 0 spiro atoms. The highest BCUT2D eigenvalue weighted by molar-refractivity contribution is 8.24. The van der Waals surface area contributed by atoms with Crippen LogP contribution in [0.1, 0.15) is 6.92 Å². The molecular formula is C12H13NO3S3. The number of phenols is 1. The molecule has 19 heavy (non-hydrogen) atoms.